The second-order valence-electron chi connectivity index (χ2n) is 4.28. The van der Waals surface area contributed by atoms with Gasteiger partial charge in [0.1, 0.15) is 5.75 Å². The Morgan fingerprint density at radius 2 is 1.29 bits per heavy atom. The van der Waals surface area contributed by atoms with Gasteiger partial charge in [-0.1, -0.05) is 0 Å². The van der Waals surface area contributed by atoms with Crippen LogP contribution in [0.25, 0.3) is 0 Å². The van der Waals surface area contributed by atoms with Crippen LogP contribution in [-0.2, 0) is 5.67 Å². The summed E-state index contributed by atoms with van der Waals surface area (Å²) in [6.45, 7) is -3.63. The van der Waals surface area contributed by atoms with E-state index in [2.05, 4.69) is 4.74 Å². The molecule has 0 fully saturated rings. The second-order valence-corrected chi connectivity index (χ2v) is 5.53. The zero-order valence-corrected chi connectivity index (χ0v) is 12.9. The van der Waals surface area contributed by atoms with Crippen molar-refractivity contribution in [1.29, 1.82) is 0 Å². The quantitative estimate of drug-likeness (QED) is 0.384. The van der Waals surface area contributed by atoms with Crippen LogP contribution < -0.4 is 4.74 Å². The van der Waals surface area contributed by atoms with E-state index >= 15 is 0 Å². The van der Waals surface area contributed by atoms with Crippen LogP contribution in [-0.4, -0.2) is 24.9 Å². The highest BCUT2D eigenvalue weighted by Crippen LogP contribution is 2.58. The van der Waals surface area contributed by atoms with E-state index in [-0.39, 0.29) is 12.1 Å². The molecule has 0 radical (unpaired) electrons. The van der Waals surface area contributed by atoms with E-state index in [1.165, 1.54) is 0 Å². The van der Waals surface area contributed by atoms with Gasteiger partial charge in [0.05, 0.1) is 0 Å². The molecule has 0 saturated heterocycles. The van der Waals surface area contributed by atoms with Crippen LogP contribution in [0.15, 0.2) is 18.2 Å². The highest BCUT2D eigenvalue weighted by molar-refractivity contribution is 14.1. The van der Waals surface area contributed by atoms with Crippen molar-refractivity contribution in [3.63, 3.8) is 0 Å². The molecule has 0 aliphatic rings. The molecule has 1 unspecified atom stereocenters. The van der Waals surface area contributed by atoms with Crippen LogP contribution in [0.2, 0.25) is 0 Å². The number of hydrogen-bond acceptors (Lipinski definition) is 1. The third-order valence-electron chi connectivity index (χ3n) is 2.67. The Morgan fingerprint density at radius 3 is 1.67 bits per heavy atom. The summed E-state index contributed by atoms with van der Waals surface area (Å²) in [5.74, 6) is -8.10. The number of alkyl halides is 11. The zero-order chi connectivity index (χ0) is 19.1. The van der Waals surface area contributed by atoms with Gasteiger partial charge in [-0.15, -0.1) is 0 Å². The normalized spacial score (nSPS) is 16.2. The van der Waals surface area contributed by atoms with Crippen molar-refractivity contribution < 1.29 is 53.0 Å². The third kappa shape index (κ3) is 3.64. The first-order valence-electron chi connectivity index (χ1n) is 5.50. The first-order valence-corrected chi connectivity index (χ1v) is 6.58. The first kappa shape index (κ1) is 21.0. The molecule has 0 aliphatic carbocycles. The van der Waals surface area contributed by atoms with Gasteiger partial charge in [-0.25, -0.2) is 4.39 Å². The first-order chi connectivity index (χ1) is 10.5. The van der Waals surface area contributed by atoms with Crippen molar-refractivity contribution in [3.05, 3.63) is 27.3 Å². The minimum absolute atomic E-state index is 0.0199. The number of benzene rings is 1. The average Bonchev–Trinajstić information content (AvgIpc) is 2.32. The Kier molecular flexibility index (Phi) is 5.58. The lowest BCUT2D eigenvalue weighted by molar-refractivity contribution is -0.389. The molecular weight excluding hydrogens is 484 g/mol. The molecule has 1 aromatic carbocycles. The van der Waals surface area contributed by atoms with Crippen molar-refractivity contribution in [2.45, 2.75) is 30.6 Å². The highest BCUT2D eigenvalue weighted by atomic mass is 127. The lowest BCUT2D eigenvalue weighted by atomic mass is 9.87. The lowest BCUT2D eigenvalue weighted by Crippen LogP contribution is -2.59. The maximum atomic E-state index is 14.2. The molecular formula is C11H4F11IO. The number of ether oxygens (including phenoxy) is 1. The number of rotatable bonds is 4. The molecule has 0 aromatic heterocycles. The SMILES string of the molecule is FC(F)Oc1cc(I)cc(C(F)(C(F)(F)F)C(F)(F)C(F)(F)F)c1. The van der Waals surface area contributed by atoms with E-state index in [1.807, 2.05) is 0 Å². The van der Waals surface area contributed by atoms with E-state index in [0.29, 0.717) is 6.07 Å². The predicted octanol–water partition coefficient (Wildman–Crippen LogP) is 5.82. The number of hydrogen-bond donors (Lipinski definition) is 0. The maximum absolute atomic E-state index is 14.2. The van der Waals surface area contributed by atoms with Crippen molar-refractivity contribution in [1.82, 2.24) is 0 Å². The Hall–Kier alpha value is -1.02. The van der Waals surface area contributed by atoms with Gasteiger partial charge in [-0.2, -0.15) is 43.9 Å². The molecule has 0 saturated carbocycles. The molecule has 0 spiro atoms. The fourth-order valence-corrected chi connectivity index (χ4v) is 2.29. The minimum atomic E-state index is -6.90. The Labute approximate surface area is 139 Å². The van der Waals surface area contributed by atoms with E-state index in [9.17, 15) is 48.3 Å². The van der Waals surface area contributed by atoms with Crippen LogP contribution in [0.4, 0.5) is 48.3 Å². The van der Waals surface area contributed by atoms with Crippen LogP contribution in [0.5, 0.6) is 5.75 Å². The van der Waals surface area contributed by atoms with E-state index < -0.39 is 45.4 Å². The Morgan fingerprint density at radius 1 is 0.792 bits per heavy atom. The predicted molar refractivity (Wildman–Crippen MR) is 65.6 cm³/mol. The summed E-state index contributed by atoms with van der Waals surface area (Å²) < 4.78 is 143. The molecule has 0 amide bonds. The van der Waals surface area contributed by atoms with Gasteiger partial charge in [0, 0.05) is 9.13 Å². The molecule has 13 heteroatoms. The van der Waals surface area contributed by atoms with Crippen molar-refractivity contribution in [2.24, 2.45) is 0 Å². The van der Waals surface area contributed by atoms with Crippen molar-refractivity contribution >= 4 is 22.6 Å². The summed E-state index contributed by atoms with van der Waals surface area (Å²) in [4.78, 5) is 0. The molecule has 0 bridgehead atoms. The standard InChI is InChI=1S/C11H4F11IO/c12-7(13)24-6-2-4(1-5(23)3-6)8(14,10(17,18)19)9(15,16)11(20,21)22/h1-3,7H. The fraction of sp³-hybridized carbons (Fsp3) is 0.455. The molecule has 1 rings (SSSR count). The molecule has 0 heterocycles. The maximum Gasteiger partial charge on any atom is 0.457 e. The van der Waals surface area contributed by atoms with Gasteiger partial charge in [-0.3, -0.25) is 0 Å². The molecule has 1 atom stereocenters. The van der Waals surface area contributed by atoms with Gasteiger partial charge in [0.15, 0.2) is 0 Å². The van der Waals surface area contributed by atoms with Gasteiger partial charge in [0.25, 0.3) is 0 Å². The van der Waals surface area contributed by atoms with Crippen LogP contribution >= 0.6 is 22.6 Å². The largest absolute Gasteiger partial charge is 0.457 e. The van der Waals surface area contributed by atoms with Crippen LogP contribution in [0, 0.1) is 3.57 Å². The molecule has 24 heavy (non-hydrogen) atoms. The van der Waals surface area contributed by atoms with Gasteiger partial charge in [0.2, 0.25) is 0 Å². The topological polar surface area (TPSA) is 9.23 Å². The van der Waals surface area contributed by atoms with Crippen LogP contribution in [0.1, 0.15) is 5.56 Å². The summed E-state index contributed by atoms with van der Waals surface area (Å²) in [6.07, 6.45) is -13.6. The summed E-state index contributed by atoms with van der Waals surface area (Å²) in [7, 11) is 0. The minimum Gasteiger partial charge on any atom is -0.435 e. The summed E-state index contributed by atoms with van der Waals surface area (Å²) in [6, 6.07) is 0.326. The molecule has 1 aromatic rings. The smallest absolute Gasteiger partial charge is 0.435 e. The molecule has 0 N–H and O–H groups in total. The van der Waals surface area contributed by atoms with Crippen molar-refractivity contribution in [2.75, 3.05) is 0 Å². The second kappa shape index (κ2) is 6.37. The molecule has 138 valence electrons. The Balaban J connectivity index is 3.68. The molecule has 1 nitrogen and oxygen atoms in total. The number of halogens is 12. The molecule has 0 aliphatic heterocycles. The van der Waals surface area contributed by atoms with Crippen molar-refractivity contribution in [3.8, 4) is 5.75 Å². The Bertz CT molecular complexity index is 595. The zero-order valence-electron chi connectivity index (χ0n) is 10.8. The van der Waals surface area contributed by atoms with Gasteiger partial charge < -0.3 is 4.74 Å². The van der Waals surface area contributed by atoms with E-state index in [0.717, 1.165) is 22.6 Å². The van der Waals surface area contributed by atoms with Gasteiger partial charge in [-0.05, 0) is 40.8 Å². The monoisotopic (exact) mass is 488 g/mol. The summed E-state index contributed by atoms with van der Waals surface area (Å²) >= 11 is 1.11. The summed E-state index contributed by atoms with van der Waals surface area (Å²) in [5, 5.41) is 0. The lowest BCUT2D eigenvalue weighted by Gasteiger charge is -2.36. The highest BCUT2D eigenvalue weighted by Gasteiger charge is 2.81. The summed E-state index contributed by atoms with van der Waals surface area (Å²) in [5.41, 5.74) is -8.43. The average molecular weight is 488 g/mol. The van der Waals surface area contributed by atoms with E-state index in [1.54, 1.807) is 0 Å². The van der Waals surface area contributed by atoms with Crippen LogP contribution in [0.3, 0.4) is 0 Å². The third-order valence-corrected chi connectivity index (χ3v) is 3.30. The van der Waals surface area contributed by atoms with E-state index in [4.69, 9.17) is 0 Å². The fourth-order valence-electron chi connectivity index (χ4n) is 1.65. The van der Waals surface area contributed by atoms with Gasteiger partial charge >= 0.3 is 30.6 Å².